The fraction of sp³-hybridized carbons (Fsp3) is 0.0500. The molecule has 0 fully saturated rings. The zero-order chi connectivity index (χ0) is 19.8. The minimum absolute atomic E-state index is 0.0287. The smallest absolute Gasteiger partial charge is 0.463 e. The zero-order valence-corrected chi connectivity index (χ0v) is 15.5. The maximum atomic E-state index is 11.2. The van der Waals surface area contributed by atoms with Crippen LogP contribution >= 0.6 is 8.60 Å². The number of carbonyl (C=O) groups excluding carboxylic acids is 2. The Morgan fingerprint density at radius 1 is 0.857 bits per heavy atom. The number of benzene rings is 2. The van der Waals surface area contributed by atoms with Crippen LogP contribution in [0.15, 0.2) is 66.9 Å². The lowest BCUT2D eigenvalue weighted by Gasteiger charge is -2.19. The number of para-hydroxylation sites is 2. The Bertz CT molecular complexity index is 911. The van der Waals surface area contributed by atoms with Crippen molar-refractivity contribution in [3.05, 3.63) is 83.7 Å². The summed E-state index contributed by atoms with van der Waals surface area (Å²) in [7, 11) is -2.06. The number of aldehydes is 2. The summed E-state index contributed by atoms with van der Waals surface area (Å²) < 4.78 is 17.2. The van der Waals surface area contributed by atoms with E-state index in [2.05, 4.69) is 4.98 Å². The molecule has 0 spiro atoms. The third-order valence-corrected chi connectivity index (χ3v) is 4.64. The van der Waals surface area contributed by atoms with Crippen molar-refractivity contribution in [2.75, 3.05) is 0 Å². The number of aromatic hydroxyl groups is 1. The van der Waals surface area contributed by atoms with Crippen molar-refractivity contribution in [2.45, 2.75) is 6.61 Å². The van der Waals surface area contributed by atoms with Gasteiger partial charge in [-0.3, -0.25) is 19.1 Å². The quantitative estimate of drug-likeness (QED) is 0.425. The molecule has 2 aromatic carbocycles. The molecule has 0 saturated carbocycles. The van der Waals surface area contributed by atoms with Crippen LogP contribution in [0.25, 0.3) is 0 Å². The molecule has 0 bridgehead atoms. The minimum atomic E-state index is -2.06. The van der Waals surface area contributed by atoms with Gasteiger partial charge in [0, 0.05) is 6.20 Å². The number of aromatic nitrogens is 1. The van der Waals surface area contributed by atoms with E-state index in [-0.39, 0.29) is 23.9 Å². The summed E-state index contributed by atoms with van der Waals surface area (Å²) in [6.45, 7) is -0.0924. The first-order valence-electron chi connectivity index (χ1n) is 8.21. The van der Waals surface area contributed by atoms with Gasteiger partial charge in [0.05, 0.1) is 11.1 Å². The van der Waals surface area contributed by atoms with E-state index in [4.69, 9.17) is 13.6 Å². The molecule has 3 rings (SSSR count). The Morgan fingerprint density at radius 3 is 1.96 bits per heavy atom. The van der Waals surface area contributed by atoms with Gasteiger partial charge in [0.2, 0.25) is 0 Å². The topological polar surface area (TPSA) is 95.0 Å². The maximum Gasteiger partial charge on any atom is 0.463 e. The molecule has 0 aliphatic carbocycles. The molecule has 0 unspecified atom stereocenters. The summed E-state index contributed by atoms with van der Waals surface area (Å²) in [6.07, 6.45) is 2.84. The van der Waals surface area contributed by atoms with Crippen LogP contribution < -0.4 is 9.05 Å². The summed E-state index contributed by atoms with van der Waals surface area (Å²) in [5, 5.41) is 9.86. The van der Waals surface area contributed by atoms with Gasteiger partial charge in [0.25, 0.3) is 0 Å². The summed E-state index contributed by atoms with van der Waals surface area (Å²) in [5.41, 5.74) is 0.952. The Balaban J connectivity index is 1.83. The molecule has 0 saturated heterocycles. The van der Waals surface area contributed by atoms with Gasteiger partial charge in [0.1, 0.15) is 29.5 Å². The standard InChI is InChI=1S/C20H16NO6P/c22-12-15-6-1-3-9-19(15)26-28(25-14-17-18(24)8-5-11-21-17)27-20-10-4-2-7-16(20)13-23/h1-13,24H,14H2. The van der Waals surface area contributed by atoms with Crippen LogP contribution in [0.5, 0.6) is 17.2 Å². The highest BCUT2D eigenvalue weighted by Crippen LogP contribution is 2.44. The second-order valence-electron chi connectivity index (χ2n) is 5.46. The van der Waals surface area contributed by atoms with E-state index < -0.39 is 8.60 Å². The highest BCUT2D eigenvalue weighted by Gasteiger charge is 2.21. The van der Waals surface area contributed by atoms with Gasteiger partial charge >= 0.3 is 8.60 Å². The summed E-state index contributed by atoms with van der Waals surface area (Å²) in [4.78, 5) is 26.5. The second-order valence-corrected chi connectivity index (χ2v) is 6.53. The number of pyridine rings is 1. The lowest BCUT2D eigenvalue weighted by molar-refractivity contribution is 0.111. The summed E-state index contributed by atoms with van der Waals surface area (Å²) >= 11 is 0. The molecule has 0 aliphatic heterocycles. The zero-order valence-electron chi connectivity index (χ0n) is 14.6. The van der Waals surface area contributed by atoms with Crippen LogP contribution in [0.1, 0.15) is 26.4 Å². The van der Waals surface area contributed by atoms with Crippen molar-refractivity contribution in [3.8, 4) is 17.2 Å². The summed E-state index contributed by atoms with van der Waals surface area (Å²) in [5.74, 6) is 0.522. The van der Waals surface area contributed by atoms with Crippen LogP contribution in [0, 0.1) is 0 Å². The fourth-order valence-electron chi connectivity index (χ4n) is 2.21. The highest BCUT2D eigenvalue weighted by molar-refractivity contribution is 7.42. The lowest BCUT2D eigenvalue weighted by Crippen LogP contribution is -2.04. The van der Waals surface area contributed by atoms with Gasteiger partial charge in [-0.1, -0.05) is 24.3 Å². The van der Waals surface area contributed by atoms with Gasteiger partial charge in [-0.15, -0.1) is 0 Å². The first kappa shape index (κ1) is 19.5. The largest absolute Gasteiger partial charge is 0.506 e. The first-order chi connectivity index (χ1) is 13.7. The van der Waals surface area contributed by atoms with Crippen molar-refractivity contribution in [1.82, 2.24) is 4.98 Å². The monoisotopic (exact) mass is 397 g/mol. The third-order valence-electron chi connectivity index (χ3n) is 3.61. The van der Waals surface area contributed by atoms with Crippen LogP contribution in [0.2, 0.25) is 0 Å². The van der Waals surface area contributed by atoms with Crippen molar-refractivity contribution in [2.24, 2.45) is 0 Å². The van der Waals surface area contributed by atoms with Gasteiger partial charge in [-0.05, 0) is 36.4 Å². The van der Waals surface area contributed by atoms with Crippen LogP contribution in [0.3, 0.4) is 0 Å². The molecule has 1 aromatic heterocycles. The van der Waals surface area contributed by atoms with Crippen LogP contribution in [-0.2, 0) is 11.1 Å². The number of hydrogen-bond donors (Lipinski definition) is 1. The van der Waals surface area contributed by atoms with Crippen LogP contribution in [-0.4, -0.2) is 22.7 Å². The van der Waals surface area contributed by atoms with Crippen molar-refractivity contribution >= 4 is 21.2 Å². The molecule has 1 N–H and O–H groups in total. The first-order valence-corrected chi connectivity index (χ1v) is 9.31. The van der Waals surface area contributed by atoms with E-state index in [0.29, 0.717) is 29.4 Å². The molecule has 142 valence electrons. The van der Waals surface area contributed by atoms with Gasteiger partial charge in [0.15, 0.2) is 12.6 Å². The molecule has 0 aliphatic rings. The molecular formula is C20H16NO6P. The molecule has 1 heterocycles. The lowest BCUT2D eigenvalue weighted by atomic mass is 10.2. The maximum absolute atomic E-state index is 11.2. The number of carbonyl (C=O) groups is 2. The highest BCUT2D eigenvalue weighted by atomic mass is 31.2. The van der Waals surface area contributed by atoms with Crippen molar-refractivity contribution in [3.63, 3.8) is 0 Å². The Kier molecular flexibility index (Phi) is 6.68. The SMILES string of the molecule is O=Cc1ccccc1OP(OCc1ncccc1O)Oc1ccccc1C=O. The predicted octanol–water partition coefficient (Wildman–Crippen LogP) is 4.31. The Labute approximate surface area is 162 Å². The molecular weight excluding hydrogens is 381 g/mol. The molecule has 0 amide bonds. The number of nitrogens with zero attached hydrogens (tertiary/aromatic N) is 1. The van der Waals surface area contributed by atoms with E-state index in [1.165, 1.54) is 12.3 Å². The minimum Gasteiger partial charge on any atom is -0.506 e. The third kappa shape index (κ3) is 4.91. The number of hydrogen-bond acceptors (Lipinski definition) is 7. The molecule has 28 heavy (non-hydrogen) atoms. The van der Waals surface area contributed by atoms with Crippen LogP contribution in [0.4, 0.5) is 0 Å². The molecule has 3 aromatic rings. The van der Waals surface area contributed by atoms with E-state index in [1.807, 2.05) is 0 Å². The van der Waals surface area contributed by atoms with Gasteiger partial charge in [-0.2, -0.15) is 0 Å². The second kappa shape index (κ2) is 9.60. The van der Waals surface area contributed by atoms with Gasteiger partial charge in [-0.25, -0.2) is 0 Å². The van der Waals surface area contributed by atoms with Crippen molar-refractivity contribution in [1.29, 1.82) is 0 Å². The Morgan fingerprint density at radius 2 is 1.43 bits per heavy atom. The predicted molar refractivity (Wildman–Crippen MR) is 103 cm³/mol. The molecule has 0 radical (unpaired) electrons. The normalized spacial score (nSPS) is 10.5. The fourth-order valence-corrected chi connectivity index (χ4v) is 3.23. The molecule has 0 atom stereocenters. The average molecular weight is 397 g/mol. The molecule has 7 nitrogen and oxygen atoms in total. The van der Waals surface area contributed by atoms with E-state index in [0.717, 1.165) is 0 Å². The van der Waals surface area contributed by atoms with Crippen molar-refractivity contribution < 1.29 is 28.3 Å². The Hall–Kier alpha value is -3.28. The molecule has 8 heteroatoms. The van der Waals surface area contributed by atoms with E-state index in [9.17, 15) is 14.7 Å². The van der Waals surface area contributed by atoms with E-state index >= 15 is 0 Å². The average Bonchev–Trinajstić information content (AvgIpc) is 2.73. The van der Waals surface area contributed by atoms with Gasteiger partial charge < -0.3 is 14.2 Å². The van der Waals surface area contributed by atoms with E-state index in [1.54, 1.807) is 54.6 Å². The number of rotatable bonds is 9. The summed E-state index contributed by atoms with van der Waals surface area (Å²) in [6, 6.07) is 16.3.